The highest BCUT2D eigenvalue weighted by molar-refractivity contribution is 6.08. The highest BCUT2D eigenvalue weighted by Crippen LogP contribution is 2.29. The zero-order valence-electron chi connectivity index (χ0n) is 17.6. The van der Waals surface area contributed by atoms with Gasteiger partial charge in [-0.2, -0.15) is 0 Å². The molecule has 30 heavy (non-hydrogen) atoms. The van der Waals surface area contributed by atoms with Crippen molar-refractivity contribution in [1.29, 1.82) is 0 Å². The molecular weight excluding hydrogens is 374 g/mol. The van der Waals surface area contributed by atoms with Gasteiger partial charge in [-0.05, 0) is 51.5 Å². The largest absolute Gasteiger partial charge is 0.489 e. The van der Waals surface area contributed by atoms with Crippen molar-refractivity contribution in [3.8, 4) is 17.0 Å². The number of pyridine rings is 1. The van der Waals surface area contributed by atoms with E-state index in [9.17, 15) is 4.79 Å². The lowest BCUT2D eigenvalue weighted by atomic mass is 10.1. The molecule has 0 aliphatic heterocycles. The predicted molar refractivity (Wildman–Crippen MR) is 120 cm³/mol. The summed E-state index contributed by atoms with van der Waals surface area (Å²) in [5.41, 5.74) is 5.62. The average Bonchev–Trinajstić information content (AvgIpc) is 3.08. The van der Waals surface area contributed by atoms with Crippen LogP contribution in [0.3, 0.4) is 0 Å². The van der Waals surface area contributed by atoms with E-state index < -0.39 is 0 Å². The van der Waals surface area contributed by atoms with Crippen molar-refractivity contribution in [1.82, 2.24) is 9.38 Å². The number of aromatic nitrogens is 2. The molecule has 5 heteroatoms. The number of fused-ring (bicyclic) bond motifs is 1. The van der Waals surface area contributed by atoms with Crippen LogP contribution in [0.5, 0.6) is 5.75 Å². The van der Waals surface area contributed by atoms with Gasteiger partial charge in [0.2, 0.25) is 0 Å². The maximum Gasteiger partial charge on any atom is 0.275 e. The summed E-state index contributed by atoms with van der Waals surface area (Å²) in [4.78, 5) is 18.2. The SMILES string of the molecule is Cc1ccc(-c2nc3ccc(C)cn3c2C(=O)Nc2ccccc2OC(C)C)cc1. The number of rotatable bonds is 5. The van der Waals surface area contributed by atoms with Crippen LogP contribution in [-0.2, 0) is 0 Å². The number of carbonyl (C=O) groups is 1. The quantitative estimate of drug-likeness (QED) is 0.471. The Morgan fingerprint density at radius 2 is 1.67 bits per heavy atom. The summed E-state index contributed by atoms with van der Waals surface area (Å²) in [7, 11) is 0. The van der Waals surface area contributed by atoms with Gasteiger partial charge in [0.25, 0.3) is 5.91 Å². The minimum Gasteiger partial charge on any atom is -0.489 e. The molecule has 0 saturated heterocycles. The summed E-state index contributed by atoms with van der Waals surface area (Å²) in [6, 6.07) is 19.4. The van der Waals surface area contributed by atoms with Gasteiger partial charge in [-0.3, -0.25) is 9.20 Å². The van der Waals surface area contributed by atoms with E-state index in [1.165, 1.54) is 0 Å². The molecule has 0 unspecified atom stereocenters. The van der Waals surface area contributed by atoms with Crippen molar-refractivity contribution in [2.45, 2.75) is 33.8 Å². The maximum absolute atomic E-state index is 13.5. The average molecular weight is 399 g/mol. The Morgan fingerprint density at radius 1 is 0.967 bits per heavy atom. The van der Waals surface area contributed by atoms with E-state index >= 15 is 0 Å². The van der Waals surface area contributed by atoms with Crippen LogP contribution >= 0.6 is 0 Å². The number of aryl methyl sites for hydroxylation is 2. The monoisotopic (exact) mass is 399 g/mol. The van der Waals surface area contributed by atoms with Crippen LogP contribution in [0.25, 0.3) is 16.9 Å². The molecule has 2 aromatic heterocycles. The molecule has 0 spiro atoms. The van der Waals surface area contributed by atoms with E-state index in [1.807, 2.05) is 99.0 Å². The van der Waals surface area contributed by atoms with Crippen LogP contribution < -0.4 is 10.1 Å². The van der Waals surface area contributed by atoms with Crippen molar-refractivity contribution in [3.05, 3.63) is 83.7 Å². The molecule has 0 atom stereocenters. The normalized spacial score (nSPS) is 11.1. The maximum atomic E-state index is 13.5. The third-order valence-corrected chi connectivity index (χ3v) is 4.80. The van der Waals surface area contributed by atoms with Crippen LogP contribution in [-0.4, -0.2) is 21.4 Å². The first-order valence-corrected chi connectivity index (χ1v) is 10.0. The number of para-hydroxylation sites is 2. The van der Waals surface area contributed by atoms with Crippen molar-refractivity contribution in [3.63, 3.8) is 0 Å². The number of hydrogen-bond donors (Lipinski definition) is 1. The zero-order chi connectivity index (χ0) is 21.3. The Kier molecular flexibility index (Phi) is 5.27. The Labute approximate surface area is 176 Å². The molecule has 0 saturated carbocycles. The number of anilines is 1. The third-order valence-electron chi connectivity index (χ3n) is 4.80. The number of benzene rings is 2. The Bertz CT molecular complexity index is 1210. The van der Waals surface area contributed by atoms with Crippen LogP contribution in [0.2, 0.25) is 0 Å². The smallest absolute Gasteiger partial charge is 0.275 e. The van der Waals surface area contributed by atoms with Crippen LogP contribution in [0, 0.1) is 13.8 Å². The third kappa shape index (κ3) is 3.92. The molecule has 2 aromatic carbocycles. The first-order valence-electron chi connectivity index (χ1n) is 10.0. The lowest BCUT2D eigenvalue weighted by Crippen LogP contribution is -2.17. The van der Waals surface area contributed by atoms with Crippen LogP contribution in [0.1, 0.15) is 35.5 Å². The molecule has 2 heterocycles. The number of amides is 1. The second-order valence-corrected chi connectivity index (χ2v) is 7.73. The molecule has 0 radical (unpaired) electrons. The first-order chi connectivity index (χ1) is 14.4. The molecule has 0 fully saturated rings. The fourth-order valence-corrected chi connectivity index (χ4v) is 3.39. The van der Waals surface area contributed by atoms with E-state index in [2.05, 4.69) is 5.32 Å². The molecule has 1 N–H and O–H groups in total. The van der Waals surface area contributed by atoms with Gasteiger partial charge in [0, 0.05) is 11.8 Å². The molecular formula is C25H25N3O2. The number of nitrogens with one attached hydrogen (secondary N) is 1. The topological polar surface area (TPSA) is 55.6 Å². The van der Waals surface area contributed by atoms with Gasteiger partial charge in [0.1, 0.15) is 22.8 Å². The second kappa shape index (κ2) is 8.03. The van der Waals surface area contributed by atoms with Gasteiger partial charge in [0.05, 0.1) is 11.8 Å². The summed E-state index contributed by atoms with van der Waals surface area (Å²) in [5, 5.41) is 3.03. The fourth-order valence-electron chi connectivity index (χ4n) is 3.39. The number of ether oxygens (including phenoxy) is 1. The summed E-state index contributed by atoms with van der Waals surface area (Å²) in [6.45, 7) is 7.96. The standard InChI is InChI=1S/C25H25N3O2/c1-16(2)30-21-8-6-5-7-20(21)26-25(29)24-23(19-12-9-17(3)10-13-19)27-22-14-11-18(4)15-28(22)24/h5-16H,1-4H3,(H,26,29). The van der Waals surface area contributed by atoms with E-state index in [-0.39, 0.29) is 12.0 Å². The first kappa shape index (κ1) is 19.7. The fraction of sp³-hybridized carbons (Fsp3) is 0.200. The molecule has 5 nitrogen and oxygen atoms in total. The highest BCUT2D eigenvalue weighted by atomic mass is 16.5. The summed E-state index contributed by atoms with van der Waals surface area (Å²) < 4.78 is 7.71. The Hall–Kier alpha value is -3.60. The molecule has 0 bridgehead atoms. The van der Waals surface area contributed by atoms with Crippen LogP contribution in [0.4, 0.5) is 5.69 Å². The molecule has 0 aliphatic carbocycles. The number of nitrogens with zero attached hydrogens (tertiary/aromatic N) is 2. The van der Waals surface area contributed by atoms with Gasteiger partial charge < -0.3 is 10.1 Å². The van der Waals surface area contributed by atoms with Gasteiger partial charge in [-0.15, -0.1) is 0 Å². The van der Waals surface area contributed by atoms with E-state index in [1.54, 1.807) is 0 Å². The minimum absolute atomic E-state index is 0.00428. The zero-order valence-corrected chi connectivity index (χ0v) is 17.6. The number of hydrogen-bond acceptors (Lipinski definition) is 3. The summed E-state index contributed by atoms with van der Waals surface area (Å²) in [5.74, 6) is 0.409. The Morgan fingerprint density at radius 3 is 2.40 bits per heavy atom. The summed E-state index contributed by atoms with van der Waals surface area (Å²) in [6.07, 6.45) is 1.94. The molecule has 4 aromatic rings. The minimum atomic E-state index is -0.233. The highest BCUT2D eigenvalue weighted by Gasteiger charge is 2.22. The van der Waals surface area contributed by atoms with Gasteiger partial charge in [-0.1, -0.05) is 48.0 Å². The van der Waals surface area contributed by atoms with Gasteiger partial charge in [0.15, 0.2) is 0 Å². The van der Waals surface area contributed by atoms with Crippen molar-refractivity contribution in [2.75, 3.05) is 5.32 Å². The van der Waals surface area contributed by atoms with Crippen LogP contribution in [0.15, 0.2) is 66.9 Å². The molecule has 1 amide bonds. The number of imidazole rings is 1. The van der Waals surface area contributed by atoms with Gasteiger partial charge >= 0.3 is 0 Å². The van der Waals surface area contributed by atoms with E-state index in [4.69, 9.17) is 9.72 Å². The lowest BCUT2D eigenvalue weighted by Gasteiger charge is -2.15. The summed E-state index contributed by atoms with van der Waals surface area (Å²) >= 11 is 0. The van der Waals surface area contributed by atoms with E-state index in [0.717, 1.165) is 22.3 Å². The second-order valence-electron chi connectivity index (χ2n) is 7.73. The van der Waals surface area contributed by atoms with Crippen molar-refractivity contribution in [2.24, 2.45) is 0 Å². The van der Waals surface area contributed by atoms with Gasteiger partial charge in [-0.25, -0.2) is 4.98 Å². The van der Waals surface area contributed by atoms with Crippen molar-refractivity contribution < 1.29 is 9.53 Å². The van der Waals surface area contributed by atoms with Crippen molar-refractivity contribution >= 4 is 17.2 Å². The predicted octanol–water partition coefficient (Wildman–Crippen LogP) is 5.66. The number of carbonyl (C=O) groups excluding carboxylic acids is 1. The molecule has 152 valence electrons. The lowest BCUT2D eigenvalue weighted by molar-refractivity contribution is 0.102. The Balaban J connectivity index is 1.81. The molecule has 0 aliphatic rings. The van der Waals surface area contributed by atoms with E-state index in [0.29, 0.717) is 22.8 Å². The molecule has 4 rings (SSSR count).